The molecule has 1 aliphatic rings. The number of likely N-dealkylation sites (N-methyl/N-ethyl adjacent to an activating group) is 1. The first-order valence-corrected chi connectivity index (χ1v) is 6.96. The Labute approximate surface area is 113 Å². The van der Waals surface area contributed by atoms with E-state index < -0.39 is 0 Å². The number of rotatable bonds is 5. The Balaban J connectivity index is 1.94. The minimum atomic E-state index is -0.329. The van der Waals surface area contributed by atoms with Crippen molar-refractivity contribution >= 4 is 11.6 Å². The van der Waals surface area contributed by atoms with Crippen molar-refractivity contribution in [1.82, 2.24) is 10.2 Å². The second-order valence-corrected chi connectivity index (χ2v) is 5.28. The van der Waals surface area contributed by atoms with Crippen LogP contribution in [0.15, 0.2) is 18.2 Å². The van der Waals surface area contributed by atoms with Gasteiger partial charge in [0.1, 0.15) is 5.82 Å². The molecule has 1 aromatic carbocycles. The molecule has 100 valence electrons. The van der Waals surface area contributed by atoms with Crippen LogP contribution in [-0.2, 0) is 6.54 Å². The Hall–Kier alpha value is -0.640. The Morgan fingerprint density at radius 3 is 2.94 bits per heavy atom. The summed E-state index contributed by atoms with van der Waals surface area (Å²) in [7, 11) is 0. The smallest absolute Gasteiger partial charge is 0.142 e. The molecule has 1 atom stereocenters. The molecule has 0 radical (unpaired) electrons. The second kappa shape index (κ2) is 6.50. The molecule has 0 saturated carbocycles. The topological polar surface area (TPSA) is 15.3 Å². The number of hydrogen-bond acceptors (Lipinski definition) is 2. The van der Waals surface area contributed by atoms with Crippen molar-refractivity contribution in [2.45, 2.75) is 32.4 Å². The summed E-state index contributed by atoms with van der Waals surface area (Å²) in [5, 5.41) is 3.68. The highest BCUT2D eigenvalue weighted by Gasteiger charge is 2.17. The fourth-order valence-corrected chi connectivity index (χ4v) is 2.54. The molecule has 0 spiro atoms. The first-order chi connectivity index (χ1) is 8.69. The van der Waals surface area contributed by atoms with Gasteiger partial charge >= 0.3 is 0 Å². The maximum Gasteiger partial charge on any atom is 0.142 e. The summed E-state index contributed by atoms with van der Waals surface area (Å²) in [4.78, 5) is 2.34. The zero-order valence-corrected chi connectivity index (χ0v) is 11.5. The fraction of sp³-hybridized carbons (Fsp3) is 0.571. The van der Waals surface area contributed by atoms with Crippen molar-refractivity contribution in [3.63, 3.8) is 0 Å². The van der Waals surface area contributed by atoms with Crippen molar-refractivity contribution in [1.29, 1.82) is 0 Å². The van der Waals surface area contributed by atoms with Gasteiger partial charge in [0.05, 0.1) is 5.02 Å². The molecule has 18 heavy (non-hydrogen) atoms. The predicted molar refractivity (Wildman–Crippen MR) is 73.4 cm³/mol. The molecule has 4 heteroatoms. The van der Waals surface area contributed by atoms with Crippen molar-refractivity contribution in [3.05, 3.63) is 34.6 Å². The van der Waals surface area contributed by atoms with Crippen molar-refractivity contribution in [3.8, 4) is 0 Å². The van der Waals surface area contributed by atoms with Crippen LogP contribution in [0.2, 0.25) is 5.02 Å². The van der Waals surface area contributed by atoms with Crippen LogP contribution >= 0.6 is 11.6 Å². The third-order valence-electron chi connectivity index (χ3n) is 3.48. The Kier molecular flexibility index (Phi) is 4.98. The van der Waals surface area contributed by atoms with E-state index in [1.807, 2.05) is 6.07 Å². The highest BCUT2D eigenvalue weighted by Crippen LogP contribution is 2.17. The average Bonchev–Trinajstić information content (AvgIpc) is 2.86. The molecule has 0 bridgehead atoms. The summed E-state index contributed by atoms with van der Waals surface area (Å²) in [6, 6.07) is 5.65. The van der Waals surface area contributed by atoms with Gasteiger partial charge in [-0.1, -0.05) is 24.6 Å². The highest BCUT2D eigenvalue weighted by atomic mass is 35.5. The van der Waals surface area contributed by atoms with Crippen LogP contribution in [0, 0.1) is 5.82 Å². The third-order valence-corrected chi connectivity index (χ3v) is 3.78. The molecule has 1 unspecified atom stereocenters. The first kappa shape index (κ1) is 13.8. The van der Waals surface area contributed by atoms with E-state index in [1.54, 1.807) is 6.07 Å². The van der Waals surface area contributed by atoms with Crippen LogP contribution in [-0.4, -0.2) is 30.6 Å². The zero-order chi connectivity index (χ0) is 13.0. The summed E-state index contributed by atoms with van der Waals surface area (Å²) >= 11 is 5.69. The molecule has 1 heterocycles. The van der Waals surface area contributed by atoms with Crippen LogP contribution in [0.25, 0.3) is 0 Å². The molecule has 1 aromatic rings. The van der Waals surface area contributed by atoms with Crippen LogP contribution in [0.3, 0.4) is 0 Å². The molecule has 2 rings (SSSR count). The van der Waals surface area contributed by atoms with E-state index in [2.05, 4.69) is 17.1 Å². The number of benzene rings is 1. The highest BCUT2D eigenvalue weighted by molar-refractivity contribution is 6.30. The molecule has 1 N–H and O–H groups in total. The van der Waals surface area contributed by atoms with E-state index in [0.29, 0.717) is 6.04 Å². The molecule has 0 aromatic heterocycles. The summed E-state index contributed by atoms with van der Waals surface area (Å²) < 4.78 is 13.4. The van der Waals surface area contributed by atoms with Gasteiger partial charge in [-0.25, -0.2) is 4.39 Å². The van der Waals surface area contributed by atoms with Gasteiger partial charge in [-0.3, -0.25) is 4.90 Å². The largest absolute Gasteiger partial charge is 0.313 e. The average molecular weight is 271 g/mol. The summed E-state index contributed by atoms with van der Waals surface area (Å²) in [6.45, 7) is 6.05. The number of halogens is 2. The summed E-state index contributed by atoms with van der Waals surface area (Å²) in [6.07, 6.45) is 2.50. The van der Waals surface area contributed by atoms with Crippen LogP contribution in [0.5, 0.6) is 0 Å². The molecule has 1 aliphatic heterocycles. The quantitative estimate of drug-likeness (QED) is 0.885. The van der Waals surface area contributed by atoms with Gasteiger partial charge in [-0.2, -0.15) is 0 Å². The zero-order valence-electron chi connectivity index (χ0n) is 10.8. The molecule has 1 saturated heterocycles. The standard InChI is InChI=1S/C14H20ClFN2/c1-2-18(10-12-4-3-7-17-12)9-11-5-6-13(15)14(16)8-11/h5-6,8,12,17H,2-4,7,9-10H2,1H3. The maximum absolute atomic E-state index is 13.4. The van der Waals surface area contributed by atoms with Gasteiger partial charge in [0.2, 0.25) is 0 Å². The lowest BCUT2D eigenvalue weighted by Crippen LogP contribution is -2.37. The Bertz CT molecular complexity index is 391. The normalized spacial score (nSPS) is 19.7. The molecule has 1 fully saturated rings. The second-order valence-electron chi connectivity index (χ2n) is 4.87. The third kappa shape index (κ3) is 3.67. The molecule has 0 amide bonds. The Morgan fingerprint density at radius 2 is 2.33 bits per heavy atom. The predicted octanol–water partition coefficient (Wildman–Crippen LogP) is 3.05. The number of hydrogen-bond donors (Lipinski definition) is 1. The summed E-state index contributed by atoms with van der Waals surface area (Å²) in [5.41, 5.74) is 0.983. The van der Waals surface area contributed by atoms with Gasteiger partial charge in [0.15, 0.2) is 0 Å². The monoisotopic (exact) mass is 270 g/mol. The van der Waals surface area contributed by atoms with Gasteiger partial charge < -0.3 is 5.32 Å². The van der Waals surface area contributed by atoms with Crippen molar-refractivity contribution in [2.75, 3.05) is 19.6 Å². The maximum atomic E-state index is 13.4. The molecule has 0 aliphatic carbocycles. The first-order valence-electron chi connectivity index (χ1n) is 6.58. The van der Waals surface area contributed by atoms with Gasteiger partial charge in [0.25, 0.3) is 0 Å². The number of nitrogens with zero attached hydrogens (tertiary/aromatic N) is 1. The molecular weight excluding hydrogens is 251 g/mol. The van der Waals surface area contributed by atoms with E-state index in [9.17, 15) is 4.39 Å². The van der Waals surface area contributed by atoms with Crippen LogP contribution in [0.4, 0.5) is 4.39 Å². The van der Waals surface area contributed by atoms with Crippen LogP contribution < -0.4 is 5.32 Å². The lowest BCUT2D eigenvalue weighted by atomic mass is 10.1. The fourth-order valence-electron chi connectivity index (χ4n) is 2.43. The SMILES string of the molecule is CCN(Cc1ccc(Cl)c(F)c1)CC1CCCN1. The van der Waals surface area contributed by atoms with Gasteiger partial charge in [0, 0.05) is 19.1 Å². The molecular formula is C14H20ClFN2. The minimum absolute atomic E-state index is 0.194. The van der Waals surface area contributed by atoms with E-state index >= 15 is 0 Å². The van der Waals surface area contributed by atoms with Crippen molar-refractivity contribution in [2.24, 2.45) is 0 Å². The lowest BCUT2D eigenvalue weighted by molar-refractivity contribution is 0.253. The summed E-state index contributed by atoms with van der Waals surface area (Å²) in [5.74, 6) is -0.329. The van der Waals surface area contributed by atoms with E-state index in [0.717, 1.165) is 31.7 Å². The van der Waals surface area contributed by atoms with Gasteiger partial charge in [-0.15, -0.1) is 0 Å². The molecule has 2 nitrogen and oxygen atoms in total. The van der Waals surface area contributed by atoms with Gasteiger partial charge in [-0.05, 0) is 43.6 Å². The van der Waals surface area contributed by atoms with E-state index in [1.165, 1.54) is 18.9 Å². The van der Waals surface area contributed by atoms with E-state index in [-0.39, 0.29) is 10.8 Å². The lowest BCUT2D eigenvalue weighted by Gasteiger charge is -2.24. The number of nitrogens with one attached hydrogen (secondary N) is 1. The van der Waals surface area contributed by atoms with Crippen LogP contribution in [0.1, 0.15) is 25.3 Å². The Morgan fingerprint density at radius 1 is 1.50 bits per heavy atom. The van der Waals surface area contributed by atoms with Crippen molar-refractivity contribution < 1.29 is 4.39 Å². The minimum Gasteiger partial charge on any atom is -0.313 e. The van der Waals surface area contributed by atoms with E-state index in [4.69, 9.17) is 11.6 Å².